The summed E-state index contributed by atoms with van der Waals surface area (Å²) >= 11 is 0. The summed E-state index contributed by atoms with van der Waals surface area (Å²) in [6.45, 7) is 4.19. The Kier molecular flexibility index (Phi) is 5.75. The Hall–Kier alpha value is -3.67. The first-order chi connectivity index (χ1) is 14.6. The number of rotatable bonds is 7. The average molecular weight is 399 g/mol. The van der Waals surface area contributed by atoms with Gasteiger partial charge in [0.25, 0.3) is 0 Å². The predicted octanol–water partition coefficient (Wildman–Crippen LogP) is 5.75. The Morgan fingerprint density at radius 3 is 2.43 bits per heavy atom. The lowest BCUT2D eigenvalue weighted by Crippen LogP contribution is -2.05. The minimum absolute atomic E-state index is 0.463. The molecular weight excluding hydrogens is 372 g/mol. The van der Waals surface area contributed by atoms with Crippen molar-refractivity contribution in [1.82, 2.24) is 15.0 Å². The van der Waals surface area contributed by atoms with Crippen LogP contribution in [0.15, 0.2) is 60.9 Å². The number of fused-ring (bicyclic) bond motifs is 1. The van der Waals surface area contributed by atoms with Gasteiger partial charge in [0.05, 0.1) is 5.52 Å². The van der Waals surface area contributed by atoms with Gasteiger partial charge in [0, 0.05) is 22.5 Å². The first-order valence-electron chi connectivity index (χ1n) is 10.2. The maximum atomic E-state index is 6.38. The van der Waals surface area contributed by atoms with Crippen LogP contribution in [0.3, 0.4) is 0 Å². The van der Waals surface area contributed by atoms with Crippen LogP contribution in [0, 0.1) is 6.92 Å². The fourth-order valence-corrected chi connectivity index (χ4v) is 3.36. The molecule has 4 N–H and O–H groups in total. The standard InChI is InChI=1S/C24H26N6/c1-3-4-6-17-10-12-18(13-11-17)29-23-22(25)24(27-15-26-23)30-21-8-5-7-20-19(21)14-9-16(2)28-20/h5,7-15H,3-4,6,25H2,1-2H3,(H2,26,27,29,30). The zero-order chi connectivity index (χ0) is 20.9. The topological polar surface area (TPSA) is 88.8 Å². The highest BCUT2D eigenvalue weighted by Gasteiger charge is 2.11. The fourth-order valence-electron chi connectivity index (χ4n) is 3.36. The molecular formula is C24H26N6. The summed E-state index contributed by atoms with van der Waals surface area (Å²) in [6, 6.07) is 18.4. The summed E-state index contributed by atoms with van der Waals surface area (Å²) in [4.78, 5) is 13.2. The molecule has 6 heteroatoms. The van der Waals surface area contributed by atoms with Crippen molar-refractivity contribution in [2.24, 2.45) is 0 Å². The number of aryl methyl sites for hydroxylation is 2. The van der Waals surface area contributed by atoms with E-state index >= 15 is 0 Å². The van der Waals surface area contributed by atoms with Gasteiger partial charge < -0.3 is 16.4 Å². The van der Waals surface area contributed by atoms with Crippen molar-refractivity contribution >= 4 is 39.6 Å². The molecule has 0 saturated carbocycles. The van der Waals surface area contributed by atoms with Gasteiger partial charge in [0.1, 0.15) is 12.0 Å². The zero-order valence-electron chi connectivity index (χ0n) is 17.3. The van der Waals surface area contributed by atoms with Crippen molar-refractivity contribution in [1.29, 1.82) is 0 Å². The molecule has 2 aromatic heterocycles. The van der Waals surface area contributed by atoms with Gasteiger partial charge in [0.2, 0.25) is 0 Å². The number of benzene rings is 2. The van der Waals surface area contributed by atoms with Crippen LogP contribution < -0.4 is 16.4 Å². The molecule has 0 saturated heterocycles. The van der Waals surface area contributed by atoms with Gasteiger partial charge in [-0.2, -0.15) is 0 Å². The Morgan fingerprint density at radius 1 is 0.900 bits per heavy atom. The number of nitrogens with zero attached hydrogens (tertiary/aromatic N) is 3. The Balaban J connectivity index is 1.56. The summed E-state index contributed by atoms with van der Waals surface area (Å²) in [7, 11) is 0. The van der Waals surface area contributed by atoms with Crippen molar-refractivity contribution in [3.05, 3.63) is 72.2 Å². The highest BCUT2D eigenvalue weighted by molar-refractivity contribution is 5.94. The van der Waals surface area contributed by atoms with Gasteiger partial charge in [-0.3, -0.25) is 4.98 Å². The van der Waals surface area contributed by atoms with E-state index in [0.29, 0.717) is 17.3 Å². The van der Waals surface area contributed by atoms with Crippen molar-refractivity contribution in [2.45, 2.75) is 33.1 Å². The molecule has 152 valence electrons. The number of hydrogen-bond donors (Lipinski definition) is 3. The van der Waals surface area contributed by atoms with Crippen molar-refractivity contribution in [3.63, 3.8) is 0 Å². The Bertz CT molecular complexity index is 1150. The van der Waals surface area contributed by atoms with E-state index < -0.39 is 0 Å². The molecule has 4 aromatic rings. The van der Waals surface area contributed by atoms with Gasteiger partial charge in [-0.15, -0.1) is 0 Å². The SMILES string of the molecule is CCCCc1ccc(Nc2ncnc(Nc3cccc4nc(C)ccc34)c2N)cc1. The fraction of sp³-hybridized carbons (Fsp3) is 0.208. The number of anilines is 5. The van der Waals surface area contributed by atoms with E-state index in [4.69, 9.17) is 5.73 Å². The molecule has 0 aliphatic carbocycles. The van der Waals surface area contributed by atoms with Crippen molar-refractivity contribution in [2.75, 3.05) is 16.4 Å². The average Bonchev–Trinajstić information content (AvgIpc) is 2.76. The van der Waals surface area contributed by atoms with Gasteiger partial charge >= 0.3 is 0 Å². The summed E-state index contributed by atoms with van der Waals surface area (Å²) in [5.74, 6) is 1.13. The van der Waals surface area contributed by atoms with E-state index in [1.54, 1.807) is 0 Å². The minimum Gasteiger partial charge on any atom is -0.393 e. The van der Waals surface area contributed by atoms with Crippen molar-refractivity contribution in [3.8, 4) is 0 Å². The second-order valence-corrected chi connectivity index (χ2v) is 7.36. The lowest BCUT2D eigenvalue weighted by Gasteiger charge is -2.14. The molecule has 0 aliphatic heterocycles. The lowest BCUT2D eigenvalue weighted by molar-refractivity contribution is 0.795. The number of nitrogens with two attached hydrogens (primary N) is 1. The van der Waals surface area contributed by atoms with Crippen LogP contribution in [0.5, 0.6) is 0 Å². The molecule has 0 aliphatic rings. The molecule has 2 heterocycles. The van der Waals surface area contributed by atoms with E-state index in [-0.39, 0.29) is 0 Å². The van der Waals surface area contributed by atoms with E-state index in [1.807, 2.05) is 31.2 Å². The lowest BCUT2D eigenvalue weighted by atomic mass is 10.1. The number of pyridine rings is 1. The van der Waals surface area contributed by atoms with Gasteiger partial charge in [0.15, 0.2) is 11.6 Å². The molecule has 4 rings (SSSR count). The Morgan fingerprint density at radius 2 is 1.67 bits per heavy atom. The number of nitrogen functional groups attached to an aromatic ring is 1. The Labute approximate surface area is 176 Å². The molecule has 0 bridgehead atoms. The summed E-state index contributed by atoms with van der Waals surface area (Å²) in [5.41, 5.74) is 11.9. The third-order valence-corrected chi connectivity index (χ3v) is 5.04. The van der Waals surface area contributed by atoms with Gasteiger partial charge in [-0.05, 0) is 61.7 Å². The molecule has 0 spiro atoms. The molecule has 0 fully saturated rings. The third kappa shape index (κ3) is 4.33. The molecule has 0 atom stereocenters. The van der Waals surface area contributed by atoms with Crippen LogP contribution in [-0.2, 0) is 6.42 Å². The van der Waals surface area contributed by atoms with Crippen LogP contribution in [0.25, 0.3) is 10.9 Å². The van der Waals surface area contributed by atoms with E-state index in [1.165, 1.54) is 24.7 Å². The quantitative estimate of drug-likeness (QED) is 0.367. The van der Waals surface area contributed by atoms with Crippen LogP contribution in [-0.4, -0.2) is 15.0 Å². The van der Waals surface area contributed by atoms with Crippen molar-refractivity contribution < 1.29 is 0 Å². The molecule has 30 heavy (non-hydrogen) atoms. The van der Waals surface area contributed by atoms with Crippen LogP contribution in [0.4, 0.5) is 28.7 Å². The molecule has 2 aromatic carbocycles. The summed E-state index contributed by atoms with van der Waals surface area (Å²) < 4.78 is 0. The summed E-state index contributed by atoms with van der Waals surface area (Å²) in [5, 5.41) is 7.65. The number of unbranched alkanes of at least 4 members (excludes halogenated alkanes) is 1. The monoisotopic (exact) mass is 398 g/mol. The van der Waals surface area contributed by atoms with E-state index in [0.717, 1.165) is 34.4 Å². The molecule has 0 unspecified atom stereocenters. The smallest absolute Gasteiger partial charge is 0.159 e. The molecule has 0 amide bonds. The first kappa shape index (κ1) is 19.6. The zero-order valence-corrected chi connectivity index (χ0v) is 17.3. The second kappa shape index (κ2) is 8.78. The largest absolute Gasteiger partial charge is 0.393 e. The number of nitrogens with one attached hydrogen (secondary N) is 2. The first-order valence-corrected chi connectivity index (χ1v) is 10.2. The molecule has 6 nitrogen and oxygen atoms in total. The van der Waals surface area contributed by atoms with Crippen LogP contribution in [0.1, 0.15) is 31.0 Å². The second-order valence-electron chi connectivity index (χ2n) is 7.36. The number of hydrogen-bond acceptors (Lipinski definition) is 6. The highest BCUT2D eigenvalue weighted by Crippen LogP contribution is 2.31. The predicted molar refractivity (Wildman–Crippen MR) is 125 cm³/mol. The van der Waals surface area contributed by atoms with E-state index in [9.17, 15) is 0 Å². The molecule has 0 radical (unpaired) electrons. The normalized spacial score (nSPS) is 10.9. The maximum Gasteiger partial charge on any atom is 0.159 e. The van der Waals surface area contributed by atoms with Crippen LogP contribution in [0.2, 0.25) is 0 Å². The van der Waals surface area contributed by atoms with Gasteiger partial charge in [-0.25, -0.2) is 9.97 Å². The number of aromatic nitrogens is 3. The summed E-state index contributed by atoms with van der Waals surface area (Å²) in [6.07, 6.45) is 4.99. The van der Waals surface area contributed by atoms with E-state index in [2.05, 4.69) is 62.8 Å². The van der Waals surface area contributed by atoms with Gasteiger partial charge in [-0.1, -0.05) is 31.5 Å². The van der Waals surface area contributed by atoms with Crippen LogP contribution >= 0.6 is 0 Å². The minimum atomic E-state index is 0.463. The highest BCUT2D eigenvalue weighted by atomic mass is 15.1. The third-order valence-electron chi connectivity index (χ3n) is 5.04. The maximum absolute atomic E-state index is 6.38.